The fourth-order valence-electron chi connectivity index (χ4n) is 3.35. The van der Waals surface area contributed by atoms with Crippen molar-refractivity contribution in [3.63, 3.8) is 0 Å². The van der Waals surface area contributed by atoms with Crippen molar-refractivity contribution in [1.29, 1.82) is 0 Å². The molecule has 0 aliphatic heterocycles. The summed E-state index contributed by atoms with van der Waals surface area (Å²) in [5.74, 6) is 0. The normalized spacial score (nSPS) is 20.4. The van der Waals surface area contributed by atoms with Crippen molar-refractivity contribution >= 4 is 21.6 Å². The highest BCUT2D eigenvalue weighted by atomic mass is 32.1. The lowest BCUT2D eigenvalue weighted by Crippen LogP contribution is -2.43. The zero-order chi connectivity index (χ0) is 15.0. The second kappa shape index (κ2) is 5.47. The molecule has 4 rings (SSSR count). The second-order valence-corrected chi connectivity index (χ2v) is 6.85. The molecule has 0 bridgehead atoms. The van der Waals surface area contributed by atoms with Crippen molar-refractivity contribution in [3.05, 3.63) is 64.7 Å². The molecule has 2 aromatic heterocycles. The van der Waals surface area contributed by atoms with Gasteiger partial charge in [0.1, 0.15) is 0 Å². The Kier molecular flexibility index (Phi) is 3.45. The number of aromatic nitrogens is 1. The van der Waals surface area contributed by atoms with Crippen LogP contribution in [-0.2, 0) is 18.5 Å². The summed E-state index contributed by atoms with van der Waals surface area (Å²) >= 11 is 1.71. The third kappa shape index (κ3) is 2.24. The van der Waals surface area contributed by atoms with Gasteiger partial charge in [0.2, 0.25) is 0 Å². The molecule has 0 fully saturated rings. The maximum Gasteiger partial charge on any atom is 0.0809 e. The Labute approximate surface area is 133 Å². The molecular weight excluding hydrogens is 292 g/mol. The van der Waals surface area contributed by atoms with Crippen molar-refractivity contribution in [2.75, 3.05) is 6.61 Å². The minimum absolute atomic E-state index is 0.124. The third-order valence-electron chi connectivity index (χ3n) is 4.61. The predicted octanol–water partition coefficient (Wildman–Crippen LogP) is 3.22. The van der Waals surface area contributed by atoms with Crippen LogP contribution in [0.1, 0.15) is 23.1 Å². The molecule has 1 aromatic carbocycles. The monoisotopic (exact) mass is 310 g/mol. The van der Waals surface area contributed by atoms with E-state index in [-0.39, 0.29) is 12.1 Å². The summed E-state index contributed by atoms with van der Waals surface area (Å²) in [6.45, 7) is 0.842. The molecule has 0 saturated heterocycles. The first kappa shape index (κ1) is 13.9. The van der Waals surface area contributed by atoms with E-state index >= 15 is 0 Å². The number of aryl methyl sites for hydroxylation is 1. The molecule has 0 spiro atoms. The van der Waals surface area contributed by atoms with Gasteiger partial charge in [0.05, 0.1) is 22.4 Å². The van der Waals surface area contributed by atoms with E-state index in [1.54, 1.807) is 11.3 Å². The highest BCUT2D eigenvalue weighted by molar-refractivity contribution is 7.17. The molecule has 1 unspecified atom stereocenters. The van der Waals surface area contributed by atoms with Gasteiger partial charge in [-0.3, -0.25) is 4.98 Å². The average Bonchev–Trinajstić information content (AvgIpc) is 3.18. The van der Waals surface area contributed by atoms with Crippen LogP contribution in [0.15, 0.2) is 48.0 Å². The molecule has 1 atom stereocenters. The van der Waals surface area contributed by atoms with Crippen LogP contribution in [0.5, 0.6) is 0 Å². The van der Waals surface area contributed by atoms with Crippen LogP contribution < -0.4 is 5.32 Å². The topological polar surface area (TPSA) is 45.1 Å². The van der Waals surface area contributed by atoms with Crippen molar-refractivity contribution in [2.45, 2.75) is 24.9 Å². The first-order valence-corrected chi connectivity index (χ1v) is 8.45. The maximum atomic E-state index is 10.0. The SMILES string of the molecule is OCC1(NCc2cnc3ccsc3c2)CCc2ccccc21. The van der Waals surface area contributed by atoms with E-state index in [1.807, 2.05) is 12.3 Å². The van der Waals surface area contributed by atoms with Crippen molar-refractivity contribution < 1.29 is 5.11 Å². The molecule has 1 aliphatic carbocycles. The number of hydrogen-bond acceptors (Lipinski definition) is 4. The lowest BCUT2D eigenvalue weighted by molar-refractivity contribution is 0.159. The lowest BCUT2D eigenvalue weighted by Gasteiger charge is -2.30. The van der Waals surface area contributed by atoms with Crippen molar-refractivity contribution in [1.82, 2.24) is 10.3 Å². The molecular formula is C18H18N2OS. The number of pyridine rings is 1. The standard InChI is InChI=1S/C18H18N2OS/c21-12-18(7-5-14-3-1-2-4-15(14)18)20-11-13-9-17-16(19-10-13)6-8-22-17/h1-4,6,8-10,20-21H,5,7,11-12H2. The smallest absolute Gasteiger partial charge is 0.0809 e. The molecule has 3 aromatic rings. The quantitative estimate of drug-likeness (QED) is 0.778. The van der Waals surface area contributed by atoms with E-state index in [1.165, 1.54) is 15.8 Å². The third-order valence-corrected chi connectivity index (χ3v) is 5.47. The van der Waals surface area contributed by atoms with Gasteiger partial charge >= 0.3 is 0 Å². The summed E-state index contributed by atoms with van der Waals surface area (Å²) in [4.78, 5) is 4.49. The average molecular weight is 310 g/mol. The Balaban J connectivity index is 1.59. The number of hydrogen-bond donors (Lipinski definition) is 2. The molecule has 2 heterocycles. The van der Waals surface area contributed by atoms with Gasteiger partial charge in [0.25, 0.3) is 0 Å². The van der Waals surface area contributed by atoms with E-state index in [0.717, 1.165) is 30.5 Å². The predicted molar refractivity (Wildman–Crippen MR) is 90.0 cm³/mol. The highest BCUT2D eigenvalue weighted by Gasteiger charge is 2.37. The summed E-state index contributed by atoms with van der Waals surface area (Å²) in [6, 6.07) is 12.6. The van der Waals surface area contributed by atoms with Crippen LogP contribution in [0, 0.1) is 0 Å². The Morgan fingerprint density at radius 3 is 3.09 bits per heavy atom. The van der Waals surface area contributed by atoms with Crippen LogP contribution in [0.25, 0.3) is 10.2 Å². The summed E-state index contributed by atoms with van der Waals surface area (Å²) in [5.41, 5.74) is 4.48. The molecule has 3 nitrogen and oxygen atoms in total. The van der Waals surface area contributed by atoms with E-state index < -0.39 is 0 Å². The van der Waals surface area contributed by atoms with Crippen LogP contribution in [-0.4, -0.2) is 16.7 Å². The van der Waals surface area contributed by atoms with E-state index in [2.05, 4.69) is 46.0 Å². The number of aliphatic hydroxyl groups is 1. The van der Waals surface area contributed by atoms with Crippen molar-refractivity contribution in [3.8, 4) is 0 Å². The fourth-order valence-corrected chi connectivity index (χ4v) is 4.15. The zero-order valence-corrected chi connectivity index (χ0v) is 13.1. The second-order valence-electron chi connectivity index (χ2n) is 5.90. The highest BCUT2D eigenvalue weighted by Crippen LogP contribution is 2.36. The van der Waals surface area contributed by atoms with Gasteiger partial charge in [-0.2, -0.15) is 0 Å². The van der Waals surface area contributed by atoms with Gasteiger partial charge in [0, 0.05) is 12.7 Å². The van der Waals surface area contributed by atoms with E-state index in [9.17, 15) is 5.11 Å². The molecule has 0 radical (unpaired) electrons. The number of rotatable bonds is 4. The molecule has 0 amide bonds. The number of nitrogens with one attached hydrogen (secondary N) is 1. The Bertz CT molecular complexity index is 813. The fraction of sp³-hybridized carbons (Fsp3) is 0.278. The molecule has 112 valence electrons. The van der Waals surface area contributed by atoms with E-state index in [4.69, 9.17) is 0 Å². The van der Waals surface area contributed by atoms with Crippen LogP contribution in [0.3, 0.4) is 0 Å². The molecule has 22 heavy (non-hydrogen) atoms. The summed E-state index contributed by atoms with van der Waals surface area (Å²) < 4.78 is 1.21. The minimum Gasteiger partial charge on any atom is -0.394 e. The summed E-state index contributed by atoms with van der Waals surface area (Å²) in [5, 5.41) is 15.7. The number of aliphatic hydroxyl groups excluding tert-OH is 1. The molecule has 2 N–H and O–H groups in total. The van der Waals surface area contributed by atoms with E-state index in [0.29, 0.717) is 0 Å². The number of thiophene rings is 1. The van der Waals surface area contributed by atoms with Gasteiger partial charge in [-0.05, 0) is 47.0 Å². The van der Waals surface area contributed by atoms with Crippen LogP contribution in [0.2, 0.25) is 0 Å². The van der Waals surface area contributed by atoms with Gasteiger partial charge in [-0.1, -0.05) is 24.3 Å². The van der Waals surface area contributed by atoms with Gasteiger partial charge in [-0.15, -0.1) is 11.3 Å². The minimum atomic E-state index is -0.318. The molecule has 0 saturated carbocycles. The molecule has 1 aliphatic rings. The Morgan fingerprint density at radius 1 is 1.27 bits per heavy atom. The van der Waals surface area contributed by atoms with Crippen LogP contribution >= 0.6 is 11.3 Å². The number of fused-ring (bicyclic) bond motifs is 2. The Morgan fingerprint density at radius 2 is 2.18 bits per heavy atom. The van der Waals surface area contributed by atoms with Gasteiger partial charge < -0.3 is 10.4 Å². The zero-order valence-electron chi connectivity index (χ0n) is 12.2. The summed E-state index contributed by atoms with van der Waals surface area (Å²) in [6.07, 6.45) is 3.89. The maximum absolute atomic E-state index is 10.0. The molecule has 4 heteroatoms. The Hall–Kier alpha value is -1.75. The number of benzene rings is 1. The van der Waals surface area contributed by atoms with Crippen molar-refractivity contribution in [2.24, 2.45) is 0 Å². The first-order chi connectivity index (χ1) is 10.8. The summed E-state index contributed by atoms with van der Waals surface area (Å²) in [7, 11) is 0. The van der Waals surface area contributed by atoms with Crippen LogP contribution in [0.4, 0.5) is 0 Å². The van der Waals surface area contributed by atoms with Gasteiger partial charge in [0.15, 0.2) is 0 Å². The largest absolute Gasteiger partial charge is 0.394 e. The van der Waals surface area contributed by atoms with Gasteiger partial charge in [-0.25, -0.2) is 0 Å². The lowest BCUT2D eigenvalue weighted by atomic mass is 9.92. The first-order valence-electron chi connectivity index (χ1n) is 7.57. The number of nitrogens with zero attached hydrogens (tertiary/aromatic N) is 1.